The monoisotopic (exact) mass is 757 g/mol. The number of barbiturate groups is 1. The van der Waals surface area contributed by atoms with Gasteiger partial charge in [0.2, 0.25) is 0 Å². The van der Waals surface area contributed by atoms with Gasteiger partial charge in [-0.2, -0.15) is 0 Å². The highest BCUT2D eigenvalue weighted by atomic mass is 35.5. The lowest BCUT2D eigenvalue weighted by molar-refractivity contribution is -0.122. The summed E-state index contributed by atoms with van der Waals surface area (Å²) < 4.78 is 11.9. The summed E-state index contributed by atoms with van der Waals surface area (Å²) >= 11 is 12.9. The van der Waals surface area contributed by atoms with Crippen LogP contribution in [0.2, 0.25) is 10.0 Å². The normalized spacial score (nSPS) is 18.7. The zero-order valence-electron chi connectivity index (χ0n) is 29.6. The number of carbonyl (C=O) groups excluding carboxylic acids is 3. The van der Waals surface area contributed by atoms with Crippen LogP contribution in [-0.4, -0.2) is 37.5 Å². The summed E-state index contributed by atoms with van der Waals surface area (Å²) in [4.78, 5) is 45.0. The summed E-state index contributed by atoms with van der Waals surface area (Å²) in [6.07, 6.45) is 3.21. The molecule has 1 N–H and O–H groups in total. The fraction of sp³-hybridized carbons (Fsp3) is 0.205. The van der Waals surface area contributed by atoms with E-state index in [4.69, 9.17) is 32.7 Å². The van der Waals surface area contributed by atoms with E-state index >= 15 is 0 Å². The smallest absolute Gasteiger partial charge is 0.335 e. The number of hydrogen-bond acceptors (Lipinski definition) is 6. The van der Waals surface area contributed by atoms with E-state index in [1.807, 2.05) is 67.6 Å². The second-order valence-corrected chi connectivity index (χ2v) is 14.4. The first-order chi connectivity index (χ1) is 26.3. The van der Waals surface area contributed by atoms with Crippen LogP contribution in [0, 0.1) is 0 Å². The standard InChI is InChI=1S/C44H37Cl2N3O5/c1-2-53-39-23-28(22-38(46)41(39)54-26-27-10-9-15-31(45)20-27)21-37-42(50)47-44(52)49(43(37)51)32-24-35-33(29-11-5-3-6-12-29)16-18-48-19-17-34(36(25-32)40(35)48)30-13-7-4-8-14-30/h3-15,20-25,33-34H,2,16-19,26H2,1H3,(H,47,50,52)/b37-21+/t33-,34-/m1/s1. The van der Waals surface area contributed by atoms with E-state index in [1.54, 1.807) is 24.3 Å². The molecule has 0 bridgehead atoms. The van der Waals surface area contributed by atoms with Crippen molar-refractivity contribution >= 4 is 58.5 Å². The highest BCUT2D eigenvalue weighted by Gasteiger charge is 2.40. The lowest BCUT2D eigenvalue weighted by Crippen LogP contribution is -2.54. The fourth-order valence-electron chi connectivity index (χ4n) is 7.88. The summed E-state index contributed by atoms with van der Waals surface area (Å²) in [6, 6.07) is 34.3. The van der Waals surface area contributed by atoms with Crippen LogP contribution in [0.5, 0.6) is 11.5 Å². The van der Waals surface area contributed by atoms with Gasteiger partial charge in [-0.25, -0.2) is 9.69 Å². The Morgan fingerprint density at radius 2 is 1.43 bits per heavy atom. The Morgan fingerprint density at radius 3 is 2.04 bits per heavy atom. The van der Waals surface area contributed by atoms with Crippen molar-refractivity contribution in [1.82, 2.24) is 5.32 Å². The van der Waals surface area contributed by atoms with Crippen LogP contribution < -0.4 is 24.6 Å². The number of amides is 4. The Kier molecular flexibility index (Phi) is 9.88. The van der Waals surface area contributed by atoms with E-state index in [2.05, 4.69) is 34.5 Å². The Bertz CT molecular complexity index is 2220. The number of hydrogen-bond donors (Lipinski definition) is 1. The predicted molar refractivity (Wildman–Crippen MR) is 212 cm³/mol. The topological polar surface area (TPSA) is 88.2 Å². The molecule has 5 aromatic rings. The van der Waals surface area contributed by atoms with E-state index < -0.39 is 17.8 Å². The lowest BCUT2D eigenvalue weighted by Gasteiger charge is -2.44. The number of anilines is 2. The first kappa shape index (κ1) is 35.5. The molecule has 2 atom stereocenters. The van der Waals surface area contributed by atoms with Crippen molar-refractivity contribution in [3.63, 3.8) is 0 Å². The summed E-state index contributed by atoms with van der Waals surface area (Å²) in [5.74, 6) is -0.760. The van der Waals surface area contributed by atoms with Crippen LogP contribution >= 0.6 is 23.2 Å². The SMILES string of the molecule is CCOc1cc(/C=C2\C(=O)NC(=O)N(c3cc4c5c(c3)[C@@H](c3ccccc3)CCN5CC[C@@H]4c3ccccc3)C2=O)cc(Cl)c1OCc1cccc(Cl)c1. The summed E-state index contributed by atoms with van der Waals surface area (Å²) in [6.45, 7) is 4.15. The molecular formula is C44H37Cl2N3O5. The maximum atomic E-state index is 14.4. The third-order valence-corrected chi connectivity index (χ3v) is 10.8. The van der Waals surface area contributed by atoms with Crippen LogP contribution in [0.15, 0.2) is 115 Å². The molecular weight excluding hydrogens is 721 g/mol. The molecule has 4 amide bonds. The molecule has 0 unspecified atom stereocenters. The van der Waals surface area contributed by atoms with Crippen molar-refractivity contribution in [2.24, 2.45) is 0 Å². The number of imide groups is 2. The lowest BCUT2D eigenvalue weighted by atomic mass is 9.76. The Hall–Kier alpha value is -5.57. The highest BCUT2D eigenvalue weighted by molar-refractivity contribution is 6.39. The molecule has 0 radical (unpaired) electrons. The molecule has 0 aliphatic carbocycles. The van der Waals surface area contributed by atoms with E-state index in [0.717, 1.165) is 53.2 Å². The average Bonchev–Trinajstić information content (AvgIpc) is 3.17. The van der Waals surface area contributed by atoms with Crippen LogP contribution in [-0.2, 0) is 16.2 Å². The molecule has 1 saturated heterocycles. The van der Waals surface area contributed by atoms with Gasteiger partial charge in [0.1, 0.15) is 12.2 Å². The van der Waals surface area contributed by atoms with Gasteiger partial charge in [-0.05, 0) is 95.6 Å². The molecule has 3 aliphatic heterocycles. The van der Waals surface area contributed by atoms with Crippen LogP contribution in [0.25, 0.3) is 6.08 Å². The third kappa shape index (κ3) is 6.83. The highest BCUT2D eigenvalue weighted by Crippen LogP contribution is 2.50. The molecule has 5 aromatic carbocycles. The van der Waals surface area contributed by atoms with Gasteiger partial charge < -0.3 is 14.4 Å². The molecule has 0 saturated carbocycles. The van der Waals surface area contributed by atoms with Crippen LogP contribution in [0.3, 0.4) is 0 Å². The zero-order chi connectivity index (χ0) is 37.3. The molecule has 10 heteroatoms. The van der Waals surface area contributed by atoms with Gasteiger partial charge in [0, 0.05) is 35.6 Å². The summed E-state index contributed by atoms with van der Waals surface area (Å²) in [5, 5.41) is 3.22. The number of ether oxygens (including phenoxy) is 2. The van der Waals surface area contributed by atoms with E-state index in [-0.39, 0.29) is 29.0 Å². The maximum absolute atomic E-state index is 14.4. The van der Waals surface area contributed by atoms with Crippen LogP contribution in [0.4, 0.5) is 16.2 Å². The quantitative estimate of drug-likeness (QED) is 0.119. The van der Waals surface area contributed by atoms with Crippen LogP contribution in [0.1, 0.15) is 65.0 Å². The van der Waals surface area contributed by atoms with Gasteiger partial charge >= 0.3 is 6.03 Å². The second-order valence-electron chi connectivity index (χ2n) is 13.6. The number of rotatable bonds is 9. The van der Waals surface area contributed by atoms with E-state index in [0.29, 0.717) is 34.4 Å². The molecule has 3 aliphatic rings. The number of urea groups is 1. The largest absolute Gasteiger partial charge is 0.490 e. The molecule has 3 heterocycles. The first-order valence-electron chi connectivity index (χ1n) is 18.1. The van der Waals surface area contributed by atoms with Crippen molar-refractivity contribution in [3.8, 4) is 11.5 Å². The Labute approximate surface area is 323 Å². The van der Waals surface area contributed by atoms with Crippen molar-refractivity contribution in [2.75, 3.05) is 29.5 Å². The number of carbonyl (C=O) groups is 3. The first-order valence-corrected chi connectivity index (χ1v) is 18.8. The number of benzene rings is 5. The van der Waals surface area contributed by atoms with Gasteiger partial charge in [-0.3, -0.25) is 14.9 Å². The van der Waals surface area contributed by atoms with Crippen molar-refractivity contribution < 1.29 is 23.9 Å². The maximum Gasteiger partial charge on any atom is 0.335 e. The molecule has 0 spiro atoms. The van der Waals surface area contributed by atoms with Gasteiger partial charge in [0.25, 0.3) is 11.8 Å². The van der Waals surface area contributed by atoms with Gasteiger partial charge in [0.15, 0.2) is 11.5 Å². The van der Waals surface area contributed by atoms with E-state index in [1.165, 1.54) is 17.2 Å². The van der Waals surface area contributed by atoms with Crippen molar-refractivity contribution in [3.05, 3.63) is 158 Å². The molecule has 8 rings (SSSR count). The zero-order valence-corrected chi connectivity index (χ0v) is 31.1. The van der Waals surface area contributed by atoms with E-state index in [9.17, 15) is 14.4 Å². The molecule has 272 valence electrons. The number of nitrogens with one attached hydrogen (secondary N) is 1. The minimum Gasteiger partial charge on any atom is -0.490 e. The minimum atomic E-state index is -0.803. The number of nitrogens with zero attached hydrogens (tertiary/aromatic N) is 2. The van der Waals surface area contributed by atoms with Gasteiger partial charge in [-0.15, -0.1) is 0 Å². The Morgan fingerprint density at radius 1 is 0.778 bits per heavy atom. The van der Waals surface area contributed by atoms with Crippen molar-refractivity contribution in [1.29, 1.82) is 0 Å². The number of halogens is 2. The fourth-order valence-corrected chi connectivity index (χ4v) is 8.37. The van der Waals surface area contributed by atoms with Crippen molar-refractivity contribution in [2.45, 2.75) is 38.2 Å². The molecule has 54 heavy (non-hydrogen) atoms. The Balaban J connectivity index is 1.19. The second kappa shape index (κ2) is 15.0. The van der Waals surface area contributed by atoms with Gasteiger partial charge in [0.05, 0.1) is 17.3 Å². The predicted octanol–water partition coefficient (Wildman–Crippen LogP) is 9.52. The molecule has 1 fully saturated rings. The summed E-state index contributed by atoms with van der Waals surface area (Å²) in [5.41, 5.74) is 7.09. The summed E-state index contributed by atoms with van der Waals surface area (Å²) in [7, 11) is 0. The van der Waals surface area contributed by atoms with Gasteiger partial charge in [-0.1, -0.05) is 96.0 Å². The average molecular weight is 759 g/mol. The molecule has 0 aromatic heterocycles. The molecule has 8 nitrogen and oxygen atoms in total. The third-order valence-electron chi connectivity index (χ3n) is 10.3. The minimum absolute atomic E-state index is 0.0593.